The molecule has 0 bridgehead atoms. The van der Waals surface area contributed by atoms with Gasteiger partial charge < -0.3 is 20.5 Å². The normalized spacial score (nSPS) is 28.2. The fraction of sp³-hybridized carbons (Fsp3) is 0.909. The fourth-order valence-corrected chi connectivity index (χ4v) is 2.05. The molecule has 5 nitrogen and oxygen atoms in total. The van der Waals surface area contributed by atoms with Crippen LogP contribution in [0.2, 0.25) is 0 Å². The molecule has 1 unspecified atom stereocenters. The van der Waals surface area contributed by atoms with Crippen LogP contribution in [-0.2, 0) is 9.53 Å². The highest BCUT2D eigenvalue weighted by molar-refractivity contribution is 5.76. The van der Waals surface area contributed by atoms with Crippen molar-refractivity contribution >= 4 is 5.91 Å². The third-order valence-corrected chi connectivity index (χ3v) is 3.32. The molecule has 3 N–H and O–H groups in total. The summed E-state index contributed by atoms with van der Waals surface area (Å²) in [5.41, 5.74) is -0.638. The molecule has 0 aromatic carbocycles. The molecule has 1 aliphatic carbocycles. The van der Waals surface area contributed by atoms with Crippen molar-refractivity contribution in [2.45, 2.75) is 37.4 Å². The van der Waals surface area contributed by atoms with Crippen LogP contribution in [0.15, 0.2) is 0 Å². The molecular weight excluding hydrogens is 208 g/mol. The maximum Gasteiger partial charge on any atom is 0.222 e. The van der Waals surface area contributed by atoms with Gasteiger partial charge in [-0.2, -0.15) is 0 Å². The quantitative estimate of drug-likeness (QED) is 0.601. The highest BCUT2D eigenvalue weighted by Crippen LogP contribution is 2.30. The first-order valence-corrected chi connectivity index (χ1v) is 5.99. The molecule has 1 amide bonds. The van der Waals surface area contributed by atoms with E-state index in [1.807, 2.05) is 0 Å². The Morgan fingerprint density at radius 1 is 1.56 bits per heavy atom. The summed E-state index contributed by atoms with van der Waals surface area (Å²) in [7, 11) is 0. The van der Waals surface area contributed by atoms with Crippen molar-refractivity contribution in [2.75, 3.05) is 26.2 Å². The molecular formula is C11H20N2O3. The lowest BCUT2D eigenvalue weighted by Gasteiger charge is -2.36. The van der Waals surface area contributed by atoms with Crippen molar-refractivity contribution in [3.05, 3.63) is 0 Å². The van der Waals surface area contributed by atoms with Gasteiger partial charge in [0.1, 0.15) is 0 Å². The third-order valence-electron chi connectivity index (χ3n) is 3.32. The van der Waals surface area contributed by atoms with Crippen LogP contribution in [0.4, 0.5) is 0 Å². The Labute approximate surface area is 95.5 Å². The number of morpholine rings is 1. The fourth-order valence-electron chi connectivity index (χ4n) is 2.05. The molecule has 92 valence electrons. The SMILES string of the molecule is O=C(CC1CNCCO1)NCC1(O)CCC1. The van der Waals surface area contributed by atoms with Gasteiger partial charge in [-0.3, -0.25) is 4.79 Å². The van der Waals surface area contributed by atoms with Gasteiger partial charge in [-0.25, -0.2) is 0 Å². The van der Waals surface area contributed by atoms with Crippen molar-refractivity contribution in [1.29, 1.82) is 0 Å². The van der Waals surface area contributed by atoms with Crippen molar-refractivity contribution in [1.82, 2.24) is 10.6 Å². The van der Waals surface area contributed by atoms with E-state index < -0.39 is 5.60 Å². The average Bonchev–Trinajstić information content (AvgIpc) is 2.25. The Kier molecular flexibility index (Phi) is 3.78. The number of carbonyl (C=O) groups is 1. The second-order valence-corrected chi connectivity index (χ2v) is 4.76. The lowest BCUT2D eigenvalue weighted by Crippen LogP contribution is -2.49. The van der Waals surface area contributed by atoms with Crippen LogP contribution in [0.5, 0.6) is 0 Å². The van der Waals surface area contributed by atoms with Crippen LogP contribution >= 0.6 is 0 Å². The Morgan fingerprint density at radius 3 is 2.94 bits per heavy atom. The number of rotatable bonds is 4. The molecule has 1 aliphatic heterocycles. The first-order chi connectivity index (χ1) is 7.68. The average molecular weight is 228 g/mol. The number of hydrogen-bond donors (Lipinski definition) is 3. The summed E-state index contributed by atoms with van der Waals surface area (Å²) in [6.07, 6.45) is 3.01. The number of amides is 1. The summed E-state index contributed by atoms with van der Waals surface area (Å²) < 4.78 is 5.44. The molecule has 0 aromatic rings. The van der Waals surface area contributed by atoms with E-state index in [0.717, 1.165) is 32.4 Å². The number of aliphatic hydroxyl groups is 1. The van der Waals surface area contributed by atoms with E-state index in [9.17, 15) is 9.90 Å². The molecule has 2 fully saturated rings. The first-order valence-electron chi connectivity index (χ1n) is 5.99. The molecule has 0 spiro atoms. The Hall–Kier alpha value is -0.650. The van der Waals surface area contributed by atoms with E-state index in [2.05, 4.69) is 10.6 Å². The van der Waals surface area contributed by atoms with Gasteiger partial charge >= 0.3 is 0 Å². The Morgan fingerprint density at radius 2 is 2.38 bits per heavy atom. The lowest BCUT2D eigenvalue weighted by atomic mass is 9.80. The molecule has 2 aliphatic rings. The summed E-state index contributed by atoms with van der Waals surface area (Å²) in [6, 6.07) is 0. The van der Waals surface area contributed by atoms with E-state index in [1.165, 1.54) is 0 Å². The van der Waals surface area contributed by atoms with Crippen LogP contribution in [0.3, 0.4) is 0 Å². The molecule has 0 radical (unpaired) electrons. The van der Waals surface area contributed by atoms with E-state index in [4.69, 9.17) is 4.74 Å². The number of ether oxygens (including phenoxy) is 1. The lowest BCUT2D eigenvalue weighted by molar-refractivity contribution is -0.126. The van der Waals surface area contributed by atoms with Gasteiger partial charge in [0.05, 0.1) is 24.7 Å². The summed E-state index contributed by atoms with van der Waals surface area (Å²) in [6.45, 7) is 2.64. The van der Waals surface area contributed by atoms with Crippen molar-refractivity contribution in [2.24, 2.45) is 0 Å². The van der Waals surface area contributed by atoms with Gasteiger partial charge in [0, 0.05) is 19.6 Å². The number of carbonyl (C=O) groups excluding carboxylic acids is 1. The molecule has 1 atom stereocenters. The number of nitrogens with one attached hydrogen (secondary N) is 2. The minimum atomic E-state index is -0.638. The predicted molar refractivity (Wildman–Crippen MR) is 59.0 cm³/mol. The molecule has 1 saturated heterocycles. The Bertz CT molecular complexity index is 248. The van der Waals surface area contributed by atoms with Gasteiger partial charge in [-0.05, 0) is 19.3 Å². The van der Waals surface area contributed by atoms with Crippen LogP contribution in [0, 0.1) is 0 Å². The van der Waals surface area contributed by atoms with Gasteiger partial charge in [-0.15, -0.1) is 0 Å². The second kappa shape index (κ2) is 5.12. The third kappa shape index (κ3) is 3.17. The van der Waals surface area contributed by atoms with E-state index >= 15 is 0 Å². The van der Waals surface area contributed by atoms with Crippen molar-refractivity contribution < 1.29 is 14.6 Å². The Balaban J connectivity index is 1.63. The standard InChI is InChI=1S/C11H20N2O3/c14-10(6-9-7-12-4-5-16-9)13-8-11(15)2-1-3-11/h9,12,15H,1-8H2,(H,13,14). The topological polar surface area (TPSA) is 70.6 Å². The highest BCUT2D eigenvalue weighted by Gasteiger charge is 2.34. The zero-order valence-corrected chi connectivity index (χ0v) is 9.50. The largest absolute Gasteiger partial charge is 0.388 e. The van der Waals surface area contributed by atoms with Crippen molar-refractivity contribution in [3.8, 4) is 0 Å². The highest BCUT2D eigenvalue weighted by atomic mass is 16.5. The van der Waals surface area contributed by atoms with Crippen LogP contribution in [0.25, 0.3) is 0 Å². The maximum absolute atomic E-state index is 11.6. The maximum atomic E-state index is 11.6. The van der Waals surface area contributed by atoms with E-state index in [1.54, 1.807) is 0 Å². The number of hydrogen-bond acceptors (Lipinski definition) is 4. The smallest absolute Gasteiger partial charge is 0.222 e. The molecule has 5 heteroatoms. The zero-order valence-electron chi connectivity index (χ0n) is 9.50. The minimum absolute atomic E-state index is 0.0233. The molecule has 1 saturated carbocycles. The van der Waals surface area contributed by atoms with Crippen LogP contribution in [-0.4, -0.2) is 49.0 Å². The predicted octanol–water partition coefficient (Wildman–Crippen LogP) is -0.604. The van der Waals surface area contributed by atoms with Crippen LogP contribution < -0.4 is 10.6 Å². The monoisotopic (exact) mass is 228 g/mol. The molecule has 2 rings (SSSR count). The summed E-state index contributed by atoms with van der Waals surface area (Å²) in [4.78, 5) is 11.6. The minimum Gasteiger partial charge on any atom is -0.388 e. The van der Waals surface area contributed by atoms with Gasteiger partial charge in [-0.1, -0.05) is 0 Å². The molecule has 0 aromatic heterocycles. The van der Waals surface area contributed by atoms with Gasteiger partial charge in [0.2, 0.25) is 5.91 Å². The van der Waals surface area contributed by atoms with Gasteiger partial charge in [0.25, 0.3) is 0 Å². The summed E-state index contributed by atoms with van der Waals surface area (Å²) in [5, 5.41) is 15.8. The van der Waals surface area contributed by atoms with Gasteiger partial charge in [0.15, 0.2) is 0 Å². The zero-order chi connectivity index (χ0) is 11.4. The van der Waals surface area contributed by atoms with Crippen LogP contribution in [0.1, 0.15) is 25.7 Å². The van der Waals surface area contributed by atoms with E-state index in [-0.39, 0.29) is 12.0 Å². The molecule has 16 heavy (non-hydrogen) atoms. The first kappa shape index (κ1) is 11.8. The van der Waals surface area contributed by atoms with E-state index in [0.29, 0.717) is 19.6 Å². The van der Waals surface area contributed by atoms with Crippen molar-refractivity contribution in [3.63, 3.8) is 0 Å². The summed E-state index contributed by atoms with van der Waals surface area (Å²) in [5.74, 6) is -0.0333. The second-order valence-electron chi connectivity index (χ2n) is 4.76. The summed E-state index contributed by atoms with van der Waals surface area (Å²) >= 11 is 0. The molecule has 1 heterocycles.